The van der Waals surface area contributed by atoms with Crippen molar-refractivity contribution in [3.05, 3.63) is 0 Å². The monoisotopic (exact) mass is 512 g/mol. The number of rotatable bonds is 6. The molecule has 7 heteroatoms. The molecule has 116 valence electrons. The van der Waals surface area contributed by atoms with E-state index in [0.29, 0.717) is 0 Å². The van der Waals surface area contributed by atoms with Gasteiger partial charge in [0.2, 0.25) is 0 Å². The third kappa shape index (κ3) is 114. The van der Waals surface area contributed by atoms with Crippen LogP contribution >= 0.6 is 12.4 Å². The maximum atomic E-state index is 9.00. The number of carbonyl (C=O) groups is 2. The van der Waals surface area contributed by atoms with Crippen molar-refractivity contribution < 1.29 is 19.8 Å². The molecule has 0 aliphatic carbocycles. The van der Waals surface area contributed by atoms with Gasteiger partial charge in [-0.15, -0.1) is 12.4 Å². The fourth-order valence-electron chi connectivity index (χ4n) is 0.729. The summed E-state index contributed by atoms with van der Waals surface area (Å²) in [4.78, 5) is 18.0. The van der Waals surface area contributed by atoms with E-state index < -0.39 is 11.9 Å². The van der Waals surface area contributed by atoms with Gasteiger partial charge in [-0.2, -0.15) is 0 Å². The van der Waals surface area contributed by atoms with Crippen molar-refractivity contribution in [3.8, 4) is 0 Å². The molecule has 0 unspecified atom stereocenters. The summed E-state index contributed by atoms with van der Waals surface area (Å²) in [7, 11) is 0. The Morgan fingerprint density at radius 2 is 1.11 bits per heavy atom. The second kappa shape index (κ2) is 31.3. The van der Waals surface area contributed by atoms with Crippen LogP contribution < -0.4 is 0 Å². The Kier molecular flexibility index (Phi) is 52.7. The Bertz CT molecular complexity index is 155. The molecule has 2 N–H and O–H groups in total. The van der Waals surface area contributed by atoms with Gasteiger partial charge in [0.1, 0.15) is 0 Å². The summed E-state index contributed by atoms with van der Waals surface area (Å²) in [6.07, 6.45) is 5.84. The molecule has 0 spiro atoms. The Hall–Kier alpha value is 0.827. The van der Waals surface area contributed by atoms with Crippen LogP contribution in [0.4, 0.5) is 0 Å². The molecule has 0 atom stereocenters. The third-order valence-corrected chi connectivity index (χ3v) is 5.45. The van der Waals surface area contributed by atoms with Crippen LogP contribution in [-0.2, 0) is 9.59 Å². The van der Waals surface area contributed by atoms with E-state index >= 15 is 0 Å². The van der Waals surface area contributed by atoms with Crippen LogP contribution in [0.1, 0.15) is 53.4 Å². The number of hydrogen-bond acceptors (Lipinski definition) is 2. The maximum absolute atomic E-state index is 9.00. The minimum atomic E-state index is -0.833. The van der Waals surface area contributed by atoms with Crippen LogP contribution in [0.2, 0.25) is 8.87 Å². The summed E-state index contributed by atoms with van der Waals surface area (Å²) in [5, 5.41) is 14.8. The van der Waals surface area contributed by atoms with Gasteiger partial charge in [-0.1, -0.05) is 0 Å². The molecule has 0 saturated heterocycles. The number of aliphatic carboxylic acids is 2. The van der Waals surface area contributed by atoms with E-state index in [1.165, 1.54) is 25.7 Å². The predicted molar refractivity (Wildman–Crippen MR) is 87.6 cm³/mol. The molecule has 0 aromatic rings. The van der Waals surface area contributed by atoms with Crippen molar-refractivity contribution in [2.24, 2.45) is 0 Å². The van der Waals surface area contributed by atoms with Crippen LogP contribution in [0.5, 0.6) is 0 Å². The molecule has 0 bridgehead atoms. The molecule has 0 saturated carbocycles. The first-order chi connectivity index (χ1) is 7.88. The molecule has 4 radical (unpaired) electrons. The number of carboxylic acid groups (broad SMARTS) is 2. The van der Waals surface area contributed by atoms with E-state index in [1.807, 2.05) is 0 Å². The van der Waals surface area contributed by atoms with Gasteiger partial charge in [0.25, 0.3) is 11.9 Å². The van der Waals surface area contributed by atoms with Gasteiger partial charge in [-0.3, -0.25) is 9.59 Å². The van der Waals surface area contributed by atoms with Crippen molar-refractivity contribution >= 4 is 69.4 Å². The number of hydrogen-bond donors (Lipinski definition) is 2. The quantitative estimate of drug-likeness (QED) is 0.426. The molecule has 0 aromatic carbocycles. The molecule has 0 aliphatic rings. The first-order valence-corrected chi connectivity index (χ1v) is 10.0. The van der Waals surface area contributed by atoms with Gasteiger partial charge in [0.15, 0.2) is 0 Å². The molecule has 19 heavy (non-hydrogen) atoms. The fraction of sp³-hybridized carbons (Fsp3) is 0.833. The van der Waals surface area contributed by atoms with E-state index in [2.05, 4.69) is 13.8 Å². The molecular weight excluding hydrogens is 481 g/mol. The van der Waals surface area contributed by atoms with Gasteiger partial charge < -0.3 is 10.2 Å². The van der Waals surface area contributed by atoms with Crippen molar-refractivity contribution in [2.75, 3.05) is 0 Å². The van der Waals surface area contributed by atoms with Gasteiger partial charge in [0, 0.05) is 13.8 Å². The predicted octanol–water partition coefficient (Wildman–Crippen LogP) is 2.81. The molecule has 0 aliphatic heterocycles. The van der Waals surface area contributed by atoms with Gasteiger partial charge in [-0.25, -0.2) is 0 Å². The number of unbranched alkanes of at least 4 members (excludes halogenated alkanes) is 2. The molecule has 4 nitrogen and oxygen atoms in total. The summed E-state index contributed by atoms with van der Waals surface area (Å²) in [6, 6.07) is 0. The molecular formula is C12H29ClO4Sn2. The van der Waals surface area contributed by atoms with Gasteiger partial charge >= 0.3 is 93.5 Å². The van der Waals surface area contributed by atoms with Crippen LogP contribution in [0.3, 0.4) is 0 Å². The SMILES string of the molecule is CC(=O)O.CC(=O)O.CCC[CH2][Sn][CH2]CCC.Cl.[SnH2]. The van der Waals surface area contributed by atoms with E-state index in [1.54, 1.807) is 8.87 Å². The molecule has 0 fully saturated rings. The Balaban J connectivity index is -0.0000000560. The summed E-state index contributed by atoms with van der Waals surface area (Å²) < 4.78 is 3.25. The molecule has 0 amide bonds. The van der Waals surface area contributed by atoms with Gasteiger partial charge in [-0.05, 0) is 0 Å². The molecule has 0 heterocycles. The normalized spacial score (nSPS) is 7.37. The number of halogens is 1. The number of carboxylic acids is 2. The van der Waals surface area contributed by atoms with Crippen molar-refractivity contribution in [2.45, 2.75) is 62.3 Å². The topological polar surface area (TPSA) is 74.6 Å². The third-order valence-electron chi connectivity index (χ3n) is 1.41. The van der Waals surface area contributed by atoms with E-state index in [4.69, 9.17) is 19.8 Å². The van der Waals surface area contributed by atoms with E-state index in [-0.39, 0.29) is 57.5 Å². The summed E-state index contributed by atoms with van der Waals surface area (Å²) in [6.45, 7) is 6.75. The van der Waals surface area contributed by atoms with Crippen LogP contribution in [0.15, 0.2) is 0 Å². The summed E-state index contributed by atoms with van der Waals surface area (Å²) in [5.74, 6) is -1.67. The second-order valence-electron chi connectivity index (χ2n) is 3.50. The van der Waals surface area contributed by atoms with Crippen LogP contribution in [-0.4, -0.2) is 67.2 Å². The van der Waals surface area contributed by atoms with Crippen molar-refractivity contribution in [3.63, 3.8) is 0 Å². The zero-order chi connectivity index (χ0) is 14.1. The van der Waals surface area contributed by atoms with Crippen molar-refractivity contribution in [1.82, 2.24) is 0 Å². The minimum absolute atomic E-state index is 0. The van der Waals surface area contributed by atoms with Crippen LogP contribution in [0.25, 0.3) is 0 Å². The fourth-order valence-corrected chi connectivity index (χ4v) is 4.89. The average Bonchev–Trinajstić information content (AvgIpc) is 2.16. The average molecular weight is 510 g/mol. The van der Waals surface area contributed by atoms with E-state index in [0.717, 1.165) is 13.8 Å². The molecule has 0 rings (SSSR count). The summed E-state index contributed by atoms with van der Waals surface area (Å²) >= 11 is 0.149. The first-order valence-electron chi connectivity index (χ1n) is 5.98. The Morgan fingerprint density at radius 3 is 1.26 bits per heavy atom. The van der Waals surface area contributed by atoms with Crippen LogP contribution in [0, 0.1) is 0 Å². The second-order valence-corrected chi connectivity index (χ2v) is 7.78. The van der Waals surface area contributed by atoms with Gasteiger partial charge in [0.05, 0.1) is 0 Å². The summed E-state index contributed by atoms with van der Waals surface area (Å²) in [5.41, 5.74) is 0. The molecule has 0 aromatic heterocycles. The Labute approximate surface area is 150 Å². The zero-order valence-corrected chi connectivity index (χ0v) is 20.3. The zero-order valence-electron chi connectivity index (χ0n) is 12.6. The Morgan fingerprint density at radius 1 is 0.895 bits per heavy atom. The first kappa shape index (κ1) is 32.0. The van der Waals surface area contributed by atoms with E-state index in [9.17, 15) is 0 Å². The standard InChI is InChI=1S/2C4H9.2C2H4O2.ClH.2Sn.2H/c2*1-3-4-2;2*1-2(3)4;;;;;/h2*1,3-4H2,2H3;2*1H3,(H,3,4);1H;;;;. The van der Waals surface area contributed by atoms with Crippen molar-refractivity contribution in [1.29, 1.82) is 0 Å².